The van der Waals surface area contributed by atoms with Gasteiger partial charge in [0.05, 0.1) is 5.69 Å². The van der Waals surface area contributed by atoms with Crippen molar-refractivity contribution in [1.29, 1.82) is 0 Å². The summed E-state index contributed by atoms with van der Waals surface area (Å²) in [6, 6.07) is 6.82. The molecule has 0 unspecified atom stereocenters. The first-order valence-electron chi connectivity index (χ1n) is 2.82. The van der Waals surface area contributed by atoms with Crippen LogP contribution in [0, 0.1) is 0 Å². The molecule has 0 atom stereocenters. The SMILES string of the molecule is Nc1ccccc1[S+]=S(=O)=O.[Zn]. The van der Waals surface area contributed by atoms with Gasteiger partial charge in [-0.15, -0.1) is 8.42 Å². The summed E-state index contributed by atoms with van der Waals surface area (Å²) >= 11 is 0. The van der Waals surface area contributed by atoms with E-state index in [9.17, 15) is 8.42 Å². The van der Waals surface area contributed by atoms with Crippen LogP contribution in [0.4, 0.5) is 5.69 Å². The molecule has 1 rings (SSSR count). The molecule has 1 aromatic carbocycles. The van der Waals surface area contributed by atoms with Crippen LogP contribution < -0.4 is 5.73 Å². The molecule has 0 saturated carbocycles. The van der Waals surface area contributed by atoms with E-state index < -0.39 is 9.26 Å². The summed E-state index contributed by atoms with van der Waals surface area (Å²) in [6.45, 7) is 0. The molecule has 0 radical (unpaired) electrons. The Labute approximate surface area is 87.9 Å². The number of rotatable bonds is 1. The molecule has 3 nitrogen and oxygen atoms in total. The van der Waals surface area contributed by atoms with Crippen molar-refractivity contribution < 1.29 is 27.9 Å². The molecule has 0 bridgehead atoms. The maximum Gasteiger partial charge on any atom is 0.478 e. The number of anilines is 1. The molecular formula is C6H6NO2S2Zn+. The van der Waals surface area contributed by atoms with Crippen LogP contribution in [0.3, 0.4) is 0 Å². The number of nitrogens with two attached hydrogens (primary N) is 1. The van der Waals surface area contributed by atoms with Crippen LogP contribution in [0.15, 0.2) is 29.2 Å². The molecule has 60 valence electrons. The molecule has 0 spiro atoms. The van der Waals surface area contributed by atoms with Gasteiger partial charge in [0.25, 0.3) is 4.90 Å². The van der Waals surface area contributed by atoms with Gasteiger partial charge in [-0.25, -0.2) is 0 Å². The molecule has 1 aromatic rings. The second-order valence-electron chi connectivity index (χ2n) is 1.83. The van der Waals surface area contributed by atoms with E-state index in [1.165, 1.54) is 0 Å². The van der Waals surface area contributed by atoms with E-state index >= 15 is 0 Å². The summed E-state index contributed by atoms with van der Waals surface area (Å²) in [7, 11) is -1.42. The summed E-state index contributed by atoms with van der Waals surface area (Å²) in [5, 5.41) is 0. The fourth-order valence-electron chi connectivity index (χ4n) is 0.630. The Kier molecular flexibility index (Phi) is 5.21. The van der Waals surface area contributed by atoms with E-state index in [1.54, 1.807) is 24.3 Å². The summed E-state index contributed by atoms with van der Waals surface area (Å²) in [6.07, 6.45) is 0. The first-order valence-corrected chi connectivity index (χ1v) is 5.23. The van der Waals surface area contributed by atoms with Gasteiger partial charge in [-0.05, 0) is 6.07 Å². The van der Waals surface area contributed by atoms with Crippen molar-refractivity contribution in [3.8, 4) is 0 Å². The van der Waals surface area contributed by atoms with Crippen LogP contribution >= 0.6 is 0 Å². The minimum absolute atomic E-state index is 0. The zero-order chi connectivity index (χ0) is 8.27. The normalized spacial score (nSPS) is 8.33. The van der Waals surface area contributed by atoms with Gasteiger partial charge in [0, 0.05) is 25.5 Å². The van der Waals surface area contributed by atoms with E-state index in [2.05, 4.69) is 0 Å². The van der Waals surface area contributed by atoms with Gasteiger partial charge in [0.15, 0.2) is 0 Å². The van der Waals surface area contributed by atoms with Gasteiger partial charge in [-0.1, -0.05) is 12.1 Å². The smallest absolute Gasteiger partial charge is 0.394 e. The molecule has 0 amide bonds. The van der Waals surface area contributed by atoms with Crippen LogP contribution in [-0.4, -0.2) is 8.42 Å². The molecule has 6 heteroatoms. The monoisotopic (exact) mass is 252 g/mol. The van der Waals surface area contributed by atoms with E-state index in [4.69, 9.17) is 5.73 Å². The maximum atomic E-state index is 10.2. The van der Waals surface area contributed by atoms with Crippen molar-refractivity contribution in [2.45, 2.75) is 4.90 Å². The van der Waals surface area contributed by atoms with Crippen LogP contribution in [0.2, 0.25) is 0 Å². The second kappa shape index (κ2) is 5.35. The molecule has 0 aliphatic rings. The molecule has 0 saturated heterocycles. The fraction of sp³-hybridized carbons (Fsp3) is 0. The maximum absolute atomic E-state index is 10.2. The fourth-order valence-corrected chi connectivity index (χ4v) is 1.97. The molecule has 0 aliphatic heterocycles. The number of benzene rings is 1. The minimum Gasteiger partial charge on any atom is -0.394 e. The molecule has 2 N–H and O–H groups in total. The zero-order valence-corrected chi connectivity index (χ0v) is 10.8. The minimum atomic E-state index is -2.14. The quantitative estimate of drug-likeness (QED) is 0.450. The summed E-state index contributed by atoms with van der Waals surface area (Å²) < 4.78 is 20.5. The molecule has 0 aliphatic carbocycles. The average molecular weight is 254 g/mol. The van der Waals surface area contributed by atoms with Gasteiger partial charge in [0.2, 0.25) is 0 Å². The Hall–Kier alpha value is -0.317. The van der Waals surface area contributed by atoms with Crippen LogP contribution in [0.25, 0.3) is 0 Å². The first-order chi connectivity index (χ1) is 5.20. The first kappa shape index (κ1) is 11.7. The number of nitrogen functional groups attached to an aromatic ring is 1. The Morgan fingerprint density at radius 1 is 1.25 bits per heavy atom. The summed E-state index contributed by atoms with van der Waals surface area (Å²) in [5.41, 5.74) is 5.96. The van der Waals surface area contributed by atoms with Crippen LogP contribution in [-0.2, 0) is 39.1 Å². The molecule has 0 aromatic heterocycles. The topological polar surface area (TPSA) is 60.2 Å². The summed E-state index contributed by atoms with van der Waals surface area (Å²) in [4.78, 5) is 0.570. The Morgan fingerprint density at radius 2 is 1.83 bits per heavy atom. The van der Waals surface area contributed by atoms with Gasteiger partial charge in [0.1, 0.15) is 0 Å². The predicted octanol–water partition coefficient (Wildman–Crippen LogP) is 0.502. The molecule has 0 fully saturated rings. The van der Waals surface area contributed by atoms with E-state index in [0.29, 0.717) is 20.9 Å². The Morgan fingerprint density at radius 3 is 2.33 bits per heavy atom. The predicted molar refractivity (Wildman–Crippen MR) is 45.4 cm³/mol. The standard InChI is InChI=1S/C6H6NO2S2.Zn/c7-5-3-1-2-4-6(5)10-11(8)9;/h1-4H,7H2;/q+1;. The third kappa shape index (κ3) is 3.39. The van der Waals surface area contributed by atoms with Gasteiger partial charge < -0.3 is 5.73 Å². The largest absolute Gasteiger partial charge is 0.478 e. The van der Waals surface area contributed by atoms with Crippen molar-refractivity contribution >= 4 is 25.3 Å². The van der Waals surface area contributed by atoms with Crippen molar-refractivity contribution in [3.05, 3.63) is 24.3 Å². The van der Waals surface area contributed by atoms with Gasteiger partial charge in [-0.2, -0.15) is 0 Å². The number of hydrogen-bond acceptors (Lipinski definition) is 3. The van der Waals surface area contributed by atoms with E-state index in [-0.39, 0.29) is 19.5 Å². The zero-order valence-electron chi connectivity index (χ0n) is 6.23. The number of para-hydroxylation sites is 1. The van der Waals surface area contributed by atoms with Crippen molar-refractivity contribution in [2.24, 2.45) is 0 Å². The molecule has 0 heterocycles. The average Bonchev–Trinajstić information content (AvgIpc) is 1.93. The molecular weight excluding hydrogens is 248 g/mol. The van der Waals surface area contributed by atoms with Crippen LogP contribution in [0.5, 0.6) is 0 Å². The third-order valence-corrected chi connectivity index (χ3v) is 2.71. The van der Waals surface area contributed by atoms with Gasteiger partial charge in [-0.3, -0.25) is 0 Å². The van der Waals surface area contributed by atoms with Crippen molar-refractivity contribution in [2.75, 3.05) is 5.73 Å². The van der Waals surface area contributed by atoms with Crippen LogP contribution in [0.1, 0.15) is 0 Å². The van der Waals surface area contributed by atoms with Crippen molar-refractivity contribution in [1.82, 2.24) is 0 Å². The van der Waals surface area contributed by atoms with Crippen molar-refractivity contribution in [3.63, 3.8) is 0 Å². The Bertz CT molecular complexity index is 380. The number of hydrogen-bond donors (Lipinski definition) is 1. The molecule has 12 heavy (non-hydrogen) atoms. The third-order valence-electron chi connectivity index (χ3n) is 1.08. The van der Waals surface area contributed by atoms with E-state index in [0.717, 1.165) is 0 Å². The second-order valence-corrected chi connectivity index (χ2v) is 4.16. The summed E-state index contributed by atoms with van der Waals surface area (Å²) in [5.74, 6) is 0. The van der Waals surface area contributed by atoms with E-state index in [1.807, 2.05) is 0 Å². The van der Waals surface area contributed by atoms with Gasteiger partial charge >= 0.3 is 19.6 Å². The Balaban J connectivity index is 0.00000121.